The number of hydrogen-bond acceptors (Lipinski definition) is 5. The largest absolute Gasteiger partial charge is 0.465 e. The van der Waals surface area contributed by atoms with Gasteiger partial charge in [0.15, 0.2) is 0 Å². The molecule has 3 heterocycles. The van der Waals surface area contributed by atoms with Crippen LogP contribution in [0.2, 0.25) is 0 Å². The van der Waals surface area contributed by atoms with Crippen LogP contribution in [0.15, 0.2) is 12.2 Å². The molecule has 1 N–H and O–H groups in total. The molecule has 4 rings (SSSR count). The molecule has 2 amide bonds. The zero-order valence-electron chi connectivity index (χ0n) is 15.8. The van der Waals surface area contributed by atoms with Crippen LogP contribution >= 0.6 is 0 Å². The minimum absolute atomic E-state index is 0.0885. The molecule has 0 aromatic rings. The van der Waals surface area contributed by atoms with Crippen molar-refractivity contribution in [1.82, 2.24) is 10.2 Å². The van der Waals surface area contributed by atoms with E-state index in [4.69, 9.17) is 9.47 Å². The van der Waals surface area contributed by atoms with Crippen molar-refractivity contribution in [3.63, 3.8) is 0 Å². The van der Waals surface area contributed by atoms with E-state index >= 15 is 0 Å². The fourth-order valence-electron chi connectivity index (χ4n) is 5.10. The van der Waals surface area contributed by atoms with Gasteiger partial charge in [0.2, 0.25) is 11.8 Å². The van der Waals surface area contributed by atoms with Crippen molar-refractivity contribution >= 4 is 17.8 Å². The third kappa shape index (κ3) is 3.26. The highest BCUT2D eigenvalue weighted by Crippen LogP contribution is 2.51. The van der Waals surface area contributed by atoms with Crippen molar-refractivity contribution < 1.29 is 23.9 Å². The number of nitrogens with one attached hydrogen (secondary N) is 1. The lowest BCUT2D eigenvalue weighted by molar-refractivity contribution is -0.149. The fourth-order valence-corrected chi connectivity index (χ4v) is 5.10. The number of ether oxygens (including phenoxy) is 2. The van der Waals surface area contributed by atoms with Crippen molar-refractivity contribution in [3.8, 4) is 0 Å². The number of fused-ring (bicyclic) bond motifs is 1. The molecule has 0 radical (unpaired) electrons. The number of amides is 2. The van der Waals surface area contributed by atoms with E-state index in [1.54, 1.807) is 6.92 Å². The van der Waals surface area contributed by atoms with Crippen LogP contribution in [-0.4, -0.2) is 60.1 Å². The Labute approximate surface area is 159 Å². The summed E-state index contributed by atoms with van der Waals surface area (Å²) in [4.78, 5) is 39.3. The summed E-state index contributed by atoms with van der Waals surface area (Å²) in [7, 11) is 0. The molecule has 0 aromatic carbocycles. The first-order chi connectivity index (χ1) is 13.0. The van der Waals surface area contributed by atoms with Crippen LogP contribution in [0.5, 0.6) is 0 Å². The molecule has 1 saturated carbocycles. The maximum atomic E-state index is 13.0. The summed E-state index contributed by atoms with van der Waals surface area (Å²) in [5, 5.41) is 3.18. The van der Waals surface area contributed by atoms with E-state index in [1.807, 2.05) is 12.2 Å². The number of esters is 1. The summed E-state index contributed by atoms with van der Waals surface area (Å²) in [6.45, 7) is 2.22. The van der Waals surface area contributed by atoms with E-state index in [1.165, 1.54) is 17.7 Å². The molecule has 4 aliphatic rings. The van der Waals surface area contributed by atoms with Crippen LogP contribution in [0, 0.1) is 11.8 Å². The van der Waals surface area contributed by atoms with Gasteiger partial charge in [-0.1, -0.05) is 37.8 Å². The molecule has 2 saturated heterocycles. The Bertz CT molecular complexity index is 655. The van der Waals surface area contributed by atoms with E-state index in [9.17, 15) is 14.4 Å². The number of carbonyl (C=O) groups excluding carboxylic acids is 3. The molecule has 148 valence electrons. The lowest BCUT2D eigenvalue weighted by atomic mass is 9.76. The Hall–Kier alpha value is -1.89. The molecular formula is C20H28N2O5. The highest BCUT2D eigenvalue weighted by atomic mass is 16.5. The van der Waals surface area contributed by atoms with Crippen molar-refractivity contribution in [1.29, 1.82) is 0 Å². The van der Waals surface area contributed by atoms with Gasteiger partial charge in [-0.25, -0.2) is 0 Å². The van der Waals surface area contributed by atoms with Gasteiger partial charge < -0.3 is 19.7 Å². The van der Waals surface area contributed by atoms with E-state index in [2.05, 4.69) is 5.32 Å². The van der Waals surface area contributed by atoms with Gasteiger partial charge in [-0.2, -0.15) is 0 Å². The predicted molar refractivity (Wildman–Crippen MR) is 96.6 cm³/mol. The van der Waals surface area contributed by atoms with Crippen LogP contribution in [-0.2, 0) is 23.9 Å². The standard InChI is InChI=1S/C20H28N2O5/c1-2-26-15(23)11-22-12-20-10-9-14(27-20)16(17(20)19(22)25)18(24)21-13-7-5-3-4-6-8-13/h9-10,13-14,16-17H,2-8,11-12H2,1H3,(H,21,24)/t14-,16+,17-,20-/m1/s1. The highest BCUT2D eigenvalue weighted by molar-refractivity contribution is 5.94. The molecule has 27 heavy (non-hydrogen) atoms. The summed E-state index contributed by atoms with van der Waals surface area (Å²) in [5.74, 6) is -1.77. The first-order valence-electron chi connectivity index (χ1n) is 10.2. The minimum atomic E-state index is -0.778. The number of likely N-dealkylation sites (tertiary alicyclic amines) is 1. The summed E-state index contributed by atoms with van der Waals surface area (Å²) in [6, 6.07) is 0.186. The van der Waals surface area contributed by atoms with Crippen molar-refractivity contribution in [2.75, 3.05) is 19.7 Å². The molecule has 3 fully saturated rings. The van der Waals surface area contributed by atoms with E-state index in [-0.39, 0.29) is 37.1 Å². The molecule has 0 aromatic heterocycles. The SMILES string of the molecule is CCOC(=O)CN1C[C@@]23C=C[C@@H](O2)[C@H](C(=O)NC2CCCCCC2)[C@@H]3C1=O. The average Bonchev–Trinajstić information content (AvgIpc) is 3.17. The Morgan fingerprint density at radius 1 is 1.30 bits per heavy atom. The molecule has 7 nitrogen and oxygen atoms in total. The summed E-state index contributed by atoms with van der Waals surface area (Å²) in [6.07, 6.45) is 10.2. The van der Waals surface area contributed by atoms with Gasteiger partial charge in [0, 0.05) is 6.04 Å². The summed E-state index contributed by atoms with van der Waals surface area (Å²) in [5.41, 5.74) is -0.778. The third-order valence-electron chi connectivity index (χ3n) is 6.31. The maximum absolute atomic E-state index is 13.0. The van der Waals surface area contributed by atoms with Gasteiger partial charge in [0.1, 0.15) is 12.1 Å². The summed E-state index contributed by atoms with van der Waals surface area (Å²) < 4.78 is 11.1. The zero-order chi connectivity index (χ0) is 19.0. The number of nitrogens with zero attached hydrogens (tertiary/aromatic N) is 1. The smallest absolute Gasteiger partial charge is 0.325 e. The van der Waals surface area contributed by atoms with Gasteiger partial charge in [-0.3, -0.25) is 14.4 Å². The van der Waals surface area contributed by atoms with Gasteiger partial charge in [-0.15, -0.1) is 0 Å². The molecule has 0 unspecified atom stereocenters. The van der Waals surface area contributed by atoms with Crippen LogP contribution in [0.25, 0.3) is 0 Å². The fraction of sp³-hybridized carbons (Fsp3) is 0.750. The Balaban J connectivity index is 1.47. The average molecular weight is 376 g/mol. The third-order valence-corrected chi connectivity index (χ3v) is 6.31. The number of carbonyl (C=O) groups is 3. The second-order valence-corrected chi connectivity index (χ2v) is 8.10. The molecule has 7 heteroatoms. The Morgan fingerprint density at radius 3 is 2.74 bits per heavy atom. The second kappa shape index (κ2) is 7.26. The van der Waals surface area contributed by atoms with Crippen LogP contribution in [0.3, 0.4) is 0 Å². The van der Waals surface area contributed by atoms with Crippen LogP contribution < -0.4 is 5.32 Å². The van der Waals surface area contributed by atoms with Gasteiger partial charge >= 0.3 is 5.97 Å². The topological polar surface area (TPSA) is 84.9 Å². The molecule has 4 atom stereocenters. The van der Waals surface area contributed by atoms with Gasteiger partial charge in [0.05, 0.1) is 31.1 Å². The maximum Gasteiger partial charge on any atom is 0.325 e. The van der Waals surface area contributed by atoms with E-state index in [0.717, 1.165) is 25.7 Å². The van der Waals surface area contributed by atoms with E-state index in [0.29, 0.717) is 6.54 Å². The molecule has 1 aliphatic carbocycles. The van der Waals surface area contributed by atoms with E-state index < -0.39 is 23.4 Å². The quantitative estimate of drug-likeness (QED) is 0.442. The van der Waals surface area contributed by atoms with Gasteiger partial charge in [-0.05, 0) is 19.8 Å². The minimum Gasteiger partial charge on any atom is -0.465 e. The molecule has 3 aliphatic heterocycles. The van der Waals surface area contributed by atoms with Gasteiger partial charge in [0.25, 0.3) is 0 Å². The lowest BCUT2D eigenvalue weighted by Crippen LogP contribution is -2.47. The second-order valence-electron chi connectivity index (χ2n) is 8.10. The number of rotatable bonds is 5. The van der Waals surface area contributed by atoms with Crippen molar-refractivity contribution in [3.05, 3.63) is 12.2 Å². The zero-order valence-corrected chi connectivity index (χ0v) is 15.8. The Kier molecular flexibility index (Phi) is 4.97. The predicted octanol–water partition coefficient (Wildman–Crippen LogP) is 1.17. The normalized spacial score (nSPS) is 35.2. The van der Waals surface area contributed by atoms with Crippen LogP contribution in [0.1, 0.15) is 45.4 Å². The number of hydrogen-bond donors (Lipinski definition) is 1. The Morgan fingerprint density at radius 2 is 2.04 bits per heavy atom. The van der Waals surface area contributed by atoms with Crippen molar-refractivity contribution in [2.45, 2.75) is 63.2 Å². The van der Waals surface area contributed by atoms with Crippen LogP contribution in [0.4, 0.5) is 0 Å². The molecular weight excluding hydrogens is 348 g/mol. The lowest BCUT2D eigenvalue weighted by Gasteiger charge is -2.26. The molecule has 2 bridgehead atoms. The highest BCUT2D eigenvalue weighted by Gasteiger charge is 2.67. The van der Waals surface area contributed by atoms with Crippen molar-refractivity contribution in [2.24, 2.45) is 11.8 Å². The first-order valence-corrected chi connectivity index (χ1v) is 10.2. The summed E-state index contributed by atoms with van der Waals surface area (Å²) >= 11 is 0. The monoisotopic (exact) mass is 376 g/mol. The first kappa shape index (κ1) is 18.5. The molecule has 1 spiro atoms.